The molecule has 0 saturated heterocycles. The average molecular weight is 888 g/mol. The number of nitrogens with zero attached hydrogens (tertiary/aromatic N) is 1. The Bertz CT molecular complexity index is 3790. The molecule has 0 saturated carbocycles. The van der Waals surface area contributed by atoms with Crippen molar-refractivity contribution in [1.29, 1.82) is 0 Å². The first-order valence-corrected chi connectivity index (χ1v) is 24.4. The van der Waals surface area contributed by atoms with Crippen molar-refractivity contribution in [3.05, 3.63) is 249 Å². The molecule has 2 heterocycles. The van der Waals surface area contributed by atoms with Gasteiger partial charge >= 0.3 is 0 Å². The quantitative estimate of drug-likeness (QED) is 0.147. The second-order valence-electron chi connectivity index (χ2n) is 17.2. The summed E-state index contributed by atoms with van der Waals surface area (Å²) in [5.41, 5.74) is 15.4. The Kier molecular flexibility index (Phi) is 9.63. The molecule has 0 aliphatic carbocycles. The van der Waals surface area contributed by atoms with Crippen LogP contribution in [0, 0.1) is 0 Å². The van der Waals surface area contributed by atoms with Crippen molar-refractivity contribution in [3.8, 4) is 55.6 Å². The van der Waals surface area contributed by atoms with Crippen LogP contribution in [0.2, 0.25) is 0 Å². The number of thiophene rings is 2. The van der Waals surface area contributed by atoms with Gasteiger partial charge in [0.1, 0.15) is 0 Å². The van der Waals surface area contributed by atoms with E-state index in [0.29, 0.717) is 0 Å². The summed E-state index contributed by atoms with van der Waals surface area (Å²) in [4.78, 5) is 2.39. The Morgan fingerprint density at radius 2 is 0.627 bits per heavy atom. The monoisotopic (exact) mass is 887 g/mol. The topological polar surface area (TPSA) is 3.24 Å². The highest BCUT2D eigenvalue weighted by Gasteiger charge is 2.18. The third-order valence-corrected chi connectivity index (χ3v) is 15.7. The SMILES string of the molecule is c1ccc(-c2cc(-c3ccc(N(c4ccc(-c5cccc6c5sc5ccccc56)cc4)c4ccc(-c5cccc6c5sc5ccccc56)cc4)cc3)cc(-c3cccc4ccccc34)c2)cc1. The minimum atomic E-state index is 1.09. The maximum absolute atomic E-state index is 2.39. The van der Waals surface area contributed by atoms with E-state index in [-0.39, 0.29) is 0 Å². The maximum Gasteiger partial charge on any atom is 0.0462 e. The van der Waals surface area contributed by atoms with Crippen molar-refractivity contribution in [1.82, 2.24) is 0 Å². The van der Waals surface area contributed by atoms with Crippen LogP contribution in [0.3, 0.4) is 0 Å². The molecule has 0 fully saturated rings. The Hall–Kier alpha value is -8.08. The lowest BCUT2D eigenvalue weighted by Crippen LogP contribution is -2.09. The van der Waals surface area contributed by atoms with E-state index >= 15 is 0 Å². The fourth-order valence-electron chi connectivity index (χ4n) is 10.0. The van der Waals surface area contributed by atoms with E-state index in [9.17, 15) is 0 Å². The van der Waals surface area contributed by atoms with E-state index in [2.05, 4.69) is 254 Å². The summed E-state index contributed by atoms with van der Waals surface area (Å²) >= 11 is 3.75. The van der Waals surface area contributed by atoms with Crippen molar-refractivity contribution in [2.45, 2.75) is 0 Å². The first kappa shape index (κ1) is 39.3. The molecule has 13 rings (SSSR count). The Labute approximate surface area is 397 Å². The van der Waals surface area contributed by atoms with E-state index in [1.165, 1.54) is 107 Å². The van der Waals surface area contributed by atoms with Gasteiger partial charge in [0, 0.05) is 57.4 Å². The standard InChI is InChI=1S/C64H41NS2/c1-2-13-42(14-3-1)47-39-48(41-49(40-47)54-20-10-16-44-15-4-5-17-53(44)54)43-27-33-50(34-28-43)65(51-35-29-45(30-36-51)55-21-11-23-59-57-18-6-8-25-61(57)66-63(55)59)52-37-31-46(32-38-52)56-22-12-24-60-58-19-7-9-26-62(58)67-64(56)60/h1-41H. The van der Waals surface area contributed by atoms with Crippen molar-refractivity contribution >= 4 is 90.9 Å². The molecular formula is C64H41NS2. The Morgan fingerprint density at radius 1 is 0.239 bits per heavy atom. The van der Waals surface area contributed by atoms with Gasteiger partial charge in [-0.05, 0) is 133 Å². The van der Waals surface area contributed by atoms with E-state index < -0.39 is 0 Å². The molecule has 11 aromatic carbocycles. The summed E-state index contributed by atoms with van der Waals surface area (Å²) in [7, 11) is 0. The number of hydrogen-bond donors (Lipinski definition) is 0. The van der Waals surface area contributed by atoms with Crippen LogP contribution >= 0.6 is 22.7 Å². The number of benzene rings is 11. The zero-order valence-electron chi connectivity index (χ0n) is 36.4. The average Bonchev–Trinajstić information content (AvgIpc) is 3.98. The predicted molar refractivity (Wildman–Crippen MR) is 292 cm³/mol. The minimum Gasteiger partial charge on any atom is -0.311 e. The highest BCUT2D eigenvalue weighted by atomic mass is 32.1. The summed E-state index contributed by atoms with van der Waals surface area (Å²) in [5.74, 6) is 0. The van der Waals surface area contributed by atoms with Gasteiger partial charge in [0.05, 0.1) is 0 Å². The highest BCUT2D eigenvalue weighted by Crippen LogP contribution is 2.44. The van der Waals surface area contributed by atoms with Crippen LogP contribution in [0.25, 0.3) is 107 Å². The minimum absolute atomic E-state index is 1.09. The van der Waals surface area contributed by atoms with Crippen LogP contribution < -0.4 is 4.90 Å². The van der Waals surface area contributed by atoms with Gasteiger partial charge in [0.2, 0.25) is 0 Å². The summed E-state index contributed by atoms with van der Waals surface area (Å²) < 4.78 is 5.29. The normalized spacial score (nSPS) is 11.6. The van der Waals surface area contributed by atoms with Gasteiger partial charge in [-0.2, -0.15) is 0 Å². The molecule has 0 aliphatic rings. The van der Waals surface area contributed by atoms with Crippen LogP contribution in [-0.2, 0) is 0 Å². The third-order valence-electron chi connectivity index (χ3n) is 13.3. The zero-order valence-corrected chi connectivity index (χ0v) is 38.1. The van der Waals surface area contributed by atoms with Crippen LogP contribution in [-0.4, -0.2) is 0 Å². The molecule has 314 valence electrons. The van der Waals surface area contributed by atoms with Crippen LogP contribution in [0.5, 0.6) is 0 Å². The van der Waals surface area contributed by atoms with Gasteiger partial charge in [-0.3, -0.25) is 0 Å². The molecule has 0 radical (unpaired) electrons. The van der Waals surface area contributed by atoms with Crippen molar-refractivity contribution in [2.75, 3.05) is 4.90 Å². The van der Waals surface area contributed by atoms with E-state index in [4.69, 9.17) is 0 Å². The molecule has 0 atom stereocenters. The lowest BCUT2D eigenvalue weighted by atomic mass is 9.91. The van der Waals surface area contributed by atoms with Gasteiger partial charge in [0.15, 0.2) is 0 Å². The van der Waals surface area contributed by atoms with Crippen molar-refractivity contribution in [2.24, 2.45) is 0 Å². The van der Waals surface area contributed by atoms with Crippen LogP contribution in [0.15, 0.2) is 249 Å². The van der Waals surface area contributed by atoms with Crippen molar-refractivity contribution in [3.63, 3.8) is 0 Å². The van der Waals surface area contributed by atoms with E-state index in [0.717, 1.165) is 17.1 Å². The maximum atomic E-state index is 2.39. The molecule has 0 spiro atoms. The van der Waals surface area contributed by atoms with Crippen molar-refractivity contribution < 1.29 is 0 Å². The number of hydrogen-bond acceptors (Lipinski definition) is 3. The molecule has 2 aromatic heterocycles. The molecule has 0 N–H and O–H groups in total. The predicted octanol–water partition coefficient (Wildman–Crippen LogP) is 19.4. The molecule has 0 aliphatic heterocycles. The summed E-state index contributed by atoms with van der Waals surface area (Å²) in [6.07, 6.45) is 0. The van der Waals surface area contributed by atoms with Gasteiger partial charge in [0.25, 0.3) is 0 Å². The Morgan fingerprint density at radius 3 is 1.18 bits per heavy atom. The zero-order chi connectivity index (χ0) is 44.3. The largest absolute Gasteiger partial charge is 0.311 e. The lowest BCUT2D eigenvalue weighted by Gasteiger charge is -2.26. The van der Waals surface area contributed by atoms with Gasteiger partial charge < -0.3 is 4.90 Å². The number of fused-ring (bicyclic) bond motifs is 7. The molecule has 0 unspecified atom stereocenters. The lowest BCUT2D eigenvalue weighted by molar-refractivity contribution is 1.28. The van der Waals surface area contributed by atoms with Gasteiger partial charge in [-0.25, -0.2) is 0 Å². The molecule has 0 bridgehead atoms. The molecule has 0 amide bonds. The smallest absolute Gasteiger partial charge is 0.0462 e. The van der Waals surface area contributed by atoms with E-state index in [1.807, 2.05) is 22.7 Å². The summed E-state index contributed by atoms with van der Waals surface area (Å²) in [6, 6.07) is 91.4. The fraction of sp³-hybridized carbons (Fsp3) is 0. The highest BCUT2D eigenvalue weighted by molar-refractivity contribution is 7.26. The molecule has 1 nitrogen and oxygen atoms in total. The van der Waals surface area contributed by atoms with Crippen LogP contribution in [0.1, 0.15) is 0 Å². The molecular weight excluding hydrogens is 847 g/mol. The van der Waals surface area contributed by atoms with Gasteiger partial charge in [-0.1, -0.05) is 182 Å². The summed E-state index contributed by atoms with van der Waals surface area (Å²) in [5, 5.41) is 7.76. The molecule has 13 aromatic rings. The van der Waals surface area contributed by atoms with Gasteiger partial charge in [-0.15, -0.1) is 22.7 Å². The number of anilines is 3. The Balaban J connectivity index is 0.914. The summed E-state index contributed by atoms with van der Waals surface area (Å²) in [6.45, 7) is 0. The number of rotatable bonds is 8. The third kappa shape index (κ3) is 6.99. The molecule has 3 heteroatoms. The van der Waals surface area contributed by atoms with Crippen LogP contribution in [0.4, 0.5) is 17.1 Å². The first-order valence-electron chi connectivity index (χ1n) is 22.8. The molecule has 67 heavy (non-hydrogen) atoms. The van der Waals surface area contributed by atoms with E-state index in [1.54, 1.807) is 0 Å². The second-order valence-corrected chi connectivity index (χ2v) is 19.3. The second kappa shape index (κ2) is 16.4. The fourth-order valence-corrected chi connectivity index (χ4v) is 12.5. The first-order chi connectivity index (χ1) is 33.2.